The predicted molar refractivity (Wildman–Crippen MR) is 102 cm³/mol. The average Bonchev–Trinajstić information content (AvgIpc) is 2.69. The Balaban J connectivity index is 1.90. The van der Waals surface area contributed by atoms with E-state index in [1.54, 1.807) is 7.05 Å². The number of carbonyl (C=O) groups excluding carboxylic acids is 1. The van der Waals surface area contributed by atoms with Gasteiger partial charge in [0, 0.05) is 44.3 Å². The maximum atomic E-state index is 14.4. The van der Waals surface area contributed by atoms with Gasteiger partial charge in [-0.25, -0.2) is 4.39 Å². The first kappa shape index (κ1) is 21.4. The minimum atomic E-state index is -4.50. The topological polar surface area (TPSA) is 52.0 Å². The van der Waals surface area contributed by atoms with Gasteiger partial charge in [-0.1, -0.05) is 18.2 Å². The van der Waals surface area contributed by atoms with E-state index in [-0.39, 0.29) is 29.9 Å². The monoisotopic (exact) mass is 418 g/mol. The Bertz CT molecular complexity index is 1110. The summed E-state index contributed by atoms with van der Waals surface area (Å²) in [5, 5.41) is 0. The fraction of sp³-hybridized carbons (Fsp3) is 0.227. The Hall–Kier alpha value is -3.29. The van der Waals surface area contributed by atoms with Crippen LogP contribution in [0.5, 0.6) is 0 Å². The molecule has 0 unspecified atom stereocenters. The molecule has 0 bridgehead atoms. The van der Waals surface area contributed by atoms with Gasteiger partial charge < -0.3 is 4.57 Å². The molecule has 2 heterocycles. The van der Waals surface area contributed by atoms with Crippen molar-refractivity contribution in [3.05, 3.63) is 99.5 Å². The van der Waals surface area contributed by atoms with Gasteiger partial charge in [-0.15, -0.1) is 0 Å². The molecule has 0 spiro atoms. The summed E-state index contributed by atoms with van der Waals surface area (Å²) in [5.41, 5.74) is -0.0948. The van der Waals surface area contributed by atoms with E-state index in [4.69, 9.17) is 0 Å². The predicted octanol–water partition coefficient (Wildman–Crippen LogP) is 4.27. The zero-order valence-electron chi connectivity index (χ0n) is 16.0. The number of alkyl halides is 3. The van der Waals surface area contributed by atoms with Gasteiger partial charge in [0.2, 0.25) is 5.56 Å². The van der Waals surface area contributed by atoms with E-state index in [1.165, 1.54) is 53.4 Å². The minimum absolute atomic E-state index is 0.000290. The zero-order valence-corrected chi connectivity index (χ0v) is 16.0. The maximum Gasteiger partial charge on any atom is 0.416 e. The number of nitrogens with zero attached hydrogens (tertiary/aromatic N) is 2. The molecule has 0 N–H and O–H groups in total. The molecular formula is C22H18F4N2O2. The number of aromatic nitrogens is 2. The zero-order chi connectivity index (χ0) is 21.9. The molecule has 0 saturated heterocycles. The molecule has 4 nitrogen and oxygen atoms in total. The molecule has 3 aromatic rings. The van der Waals surface area contributed by atoms with Gasteiger partial charge in [-0.3, -0.25) is 14.6 Å². The molecule has 3 rings (SSSR count). The van der Waals surface area contributed by atoms with Crippen molar-refractivity contribution in [2.75, 3.05) is 0 Å². The highest BCUT2D eigenvalue weighted by Crippen LogP contribution is 2.33. The highest BCUT2D eigenvalue weighted by Gasteiger charge is 2.31. The molecule has 0 fully saturated rings. The van der Waals surface area contributed by atoms with Crippen LogP contribution >= 0.6 is 0 Å². The van der Waals surface area contributed by atoms with Crippen molar-refractivity contribution in [1.82, 2.24) is 9.55 Å². The number of ketones is 1. The number of pyridine rings is 2. The number of rotatable bonds is 6. The molecule has 156 valence electrons. The number of Topliss-reactive ketones (excluding diaryl/α,β-unsaturated/α-hetero) is 1. The van der Waals surface area contributed by atoms with Crippen molar-refractivity contribution in [2.45, 2.75) is 24.9 Å². The number of hydrogen-bond donors (Lipinski definition) is 0. The Kier molecular flexibility index (Phi) is 6.14. The van der Waals surface area contributed by atoms with Crippen LogP contribution in [0.1, 0.15) is 34.7 Å². The van der Waals surface area contributed by atoms with Crippen molar-refractivity contribution < 1.29 is 22.4 Å². The van der Waals surface area contributed by atoms with E-state index in [2.05, 4.69) is 4.98 Å². The first-order chi connectivity index (χ1) is 14.1. The van der Waals surface area contributed by atoms with Crippen molar-refractivity contribution >= 4 is 5.78 Å². The summed E-state index contributed by atoms with van der Waals surface area (Å²) in [5.74, 6) is -1.74. The fourth-order valence-electron chi connectivity index (χ4n) is 3.21. The second kappa shape index (κ2) is 8.61. The molecule has 30 heavy (non-hydrogen) atoms. The standard InChI is InChI=1S/C22H18F4N2O2/c1-28-13-14(4-9-20(28)30)11-17(29)12-18(21-19(23)3-2-10-27-21)15-5-7-16(8-6-15)22(24,25)26/h2-10,13,18H,11-12H2,1H3/t18-/m0/s1. The van der Waals surface area contributed by atoms with Gasteiger partial charge in [0.05, 0.1) is 11.3 Å². The lowest BCUT2D eigenvalue weighted by Gasteiger charge is -2.18. The van der Waals surface area contributed by atoms with Crippen molar-refractivity contribution in [3.8, 4) is 0 Å². The highest BCUT2D eigenvalue weighted by molar-refractivity contribution is 5.82. The molecule has 2 aromatic heterocycles. The molecule has 0 radical (unpaired) electrons. The van der Waals surface area contributed by atoms with Crippen molar-refractivity contribution in [1.29, 1.82) is 0 Å². The summed E-state index contributed by atoms with van der Waals surface area (Å²) >= 11 is 0. The molecule has 0 aliphatic heterocycles. The SMILES string of the molecule is Cn1cc(CC(=O)C[C@@H](c2ccc(C(F)(F)F)cc2)c2ncccc2F)ccc1=O. The summed E-state index contributed by atoms with van der Waals surface area (Å²) in [7, 11) is 1.56. The van der Waals surface area contributed by atoms with Crippen LogP contribution in [-0.4, -0.2) is 15.3 Å². The van der Waals surface area contributed by atoms with Crippen LogP contribution < -0.4 is 5.56 Å². The molecule has 1 aromatic carbocycles. The van der Waals surface area contributed by atoms with Crippen LogP contribution in [0.3, 0.4) is 0 Å². The summed E-state index contributed by atoms with van der Waals surface area (Å²) < 4.78 is 54.3. The number of aryl methyl sites for hydroxylation is 1. The van der Waals surface area contributed by atoms with Crippen LogP contribution in [0.2, 0.25) is 0 Å². The maximum absolute atomic E-state index is 14.4. The van der Waals surface area contributed by atoms with Gasteiger partial charge in [-0.05, 0) is 35.4 Å². The van der Waals surface area contributed by atoms with Crippen molar-refractivity contribution in [3.63, 3.8) is 0 Å². The number of hydrogen-bond acceptors (Lipinski definition) is 3. The summed E-state index contributed by atoms with van der Waals surface area (Å²) in [6, 6.07) is 9.75. The van der Waals surface area contributed by atoms with Gasteiger partial charge in [0.15, 0.2) is 0 Å². The second-order valence-corrected chi connectivity index (χ2v) is 6.95. The Morgan fingerprint density at radius 2 is 1.80 bits per heavy atom. The van der Waals surface area contributed by atoms with Crippen LogP contribution in [-0.2, 0) is 24.4 Å². The van der Waals surface area contributed by atoms with Crippen LogP contribution in [0.15, 0.2) is 65.7 Å². The average molecular weight is 418 g/mol. The highest BCUT2D eigenvalue weighted by atomic mass is 19.4. The third-order valence-corrected chi connectivity index (χ3v) is 4.74. The van der Waals surface area contributed by atoms with Gasteiger partial charge >= 0.3 is 6.18 Å². The molecule has 0 amide bonds. The van der Waals surface area contributed by atoms with Crippen LogP contribution in [0, 0.1) is 5.82 Å². The molecule has 0 saturated carbocycles. The van der Waals surface area contributed by atoms with E-state index in [9.17, 15) is 27.2 Å². The Labute approximate surface area is 169 Å². The van der Waals surface area contributed by atoms with E-state index in [0.717, 1.165) is 12.1 Å². The van der Waals surface area contributed by atoms with E-state index < -0.39 is 23.5 Å². The number of carbonyl (C=O) groups is 1. The molecular weight excluding hydrogens is 400 g/mol. The lowest BCUT2D eigenvalue weighted by atomic mass is 9.88. The third-order valence-electron chi connectivity index (χ3n) is 4.74. The lowest BCUT2D eigenvalue weighted by Crippen LogP contribution is -2.17. The normalized spacial score (nSPS) is 12.6. The molecule has 1 atom stereocenters. The quantitative estimate of drug-likeness (QED) is 0.562. The van der Waals surface area contributed by atoms with E-state index in [0.29, 0.717) is 11.1 Å². The molecule has 8 heteroatoms. The van der Waals surface area contributed by atoms with E-state index in [1.807, 2.05) is 0 Å². The first-order valence-electron chi connectivity index (χ1n) is 9.10. The first-order valence-corrected chi connectivity index (χ1v) is 9.10. The van der Waals surface area contributed by atoms with E-state index >= 15 is 0 Å². The molecule has 0 aliphatic rings. The van der Waals surface area contributed by atoms with Crippen LogP contribution in [0.25, 0.3) is 0 Å². The largest absolute Gasteiger partial charge is 0.416 e. The summed E-state index contributed by atoms with van der Waals surface area (Å²) in [6.07, 6.45) is -1.74. The summed E-state index contributed by atoms with van der Waals surface area (Å²) in [6.45, 7) is 0. The van der Waals surface area contributed by atoms with Gasteiger partial charge in [0.1, 0.15) is 11.6 Å². The Morgan fingerprint density at radius 3 is 2.40 bits per heavy atom. The summed E-state index contributed by atoms with van der Waals surface area (Å²) in [4.78, 5) is 28.2. The number of benzene rings is 1. The minimum Gasteiger partial charge on any atom is -0.318 e. The fourth-order valence-corrected chi connectivity index (χ4v) is 3.21. The van der Waals surface area contributed by atoms with Crippen molar-refractivity contribution in [2.24, 2.45) is 7.05 Å². The molecule has 0 aliphatic carbocycles. The second-order valence-electron chi connectivity index (χ2n) is 6.95. The number of halogens is 4. The van der Waals surface area contributed by atoms with Gasteiger partial charge in [0.25, 0.3) is 0 Å². The lowest BCUT2D eigenvalue weighted by molar-refractivity contribution is -0.137. The van der Waals surface area contributed by atoms with Crippen LogP contribution in [0.4, 0.5) is 17.6 Å². The Morgan fingerprint density at radius 1 is 1.10 bits per heavy atom. The van der Waals surface area contributed by atoms with Gasteiger partial charge in [-0.2, -0.15) is 13.2 Å². The smallest absolute Gasteiger partial charge is 0.318 e. The third kappa shape index (κ3) is 5.00.